The molecule has 72 valence electrons. The van der Waals surface area contributed by atoms with Crippen LogP contribution in [0.25, 0.3) is 0 Å². The van der Waals surface area contributed by atoms with E-state index in [0.29, 0.717) is 0 Å². The molecule has 0 aromatic carbocycles. The van der Waals surface area contributed by atoms with Gasteiger partial charge >= 0.3 is 0 Å². The van der Waals surface area contributed by atoms with Gasteiger partial charge in [0.1, 0.15) is 19.7 Å². The monoisotopic (exact) mass is 204 g/mol. The molecule has 0 aliphatic rings. The predicted octanol–water partition coefficient (Wildman–Crippen LogP) is -0.0423. The lowest BCUT2D eigenvalue weighted by Gasteiger charge is -1.69. The summed E-state index contributed by atoms with van der Waals surface area (Å²) >= 11 is 0. The van der Waals surface area contributed by atoms with Crippen LogP contribution in [0.3, 0.4) is 0 Å². The quantitative estimate of drug-likeness (QED) is 0.555. The molecule has 11 heavy (non-hydrogen) atoms. The van der Waals surface area contributed by atoms with E-state index in [1.807, 2.05) is 0 Å². The smallest absolute Gasteiger partial charge is 0.144 e. The first-order chi connectivity index (χ1) is 4.00. The zero-order valence-electron chi connectivity index (χ0n) is 6.45. The Morgan fingerprint density at radius 1 is 0.636 bits per heavy atom. The van der Waals surface area contributed by atoms with Gasteiger partial charge in [-0.2, -0.15) is 0 Å². The molecular weight excluding hydrogens is 188 g/mol. The minimum Gasteiger partial charge on any atom is -0.229 e. The summed E-state index contributed by atoms with van der Waals surface area (Å²) in [6.45, 7) is 0. The van der Waals surface area contributed by atoms with Crippen molar-refractivity contribution in [2.24, 2.45) is 0 Å². The van der Waals surface area contributed by atoms with Crippen molar-refractivity contribution in [3.8, 4) is 0 Å². The van der Waals surface area contributed by atoms with E-state index in [1.54, 1.807) is 0 Å². The second-order valence-corrected chi connectivity index (χ2v) is 6.86. The molecule has 0 unspecified atom stereocenters. The highest BCUT2D eigenvalue weighted by atomic mass is 32.2. The van der Waals surface area contributed by atoms with Gasteiger partial charge in [0, 0.05) is 25.0 Å². The molecule has 0 aliphatic carbocycles. The van der Waals surface area contributed by atoms with Crippen LogP contribution in [-0.4, -0.2) is 41.9 Å². The van der Waals surface area contributed by atoms with Crippen LogP contribution in [0.4, 0.5) is 0 Å². The molecule has 0 saturated heterocycles. The molecule has 0 aliphatic heterocycles. The third kappa shape index (κ3) is 61800. The fourth-order valence-corrected chi connectivity index (χ4v) is 0. The van der Waals surface area contributed by atoms with E-state index in [4.69, 9.17) is 0 Å². The van der Waals surface area contributed by atoms with Crippen molar-refractivity contribution in [3.05, 3.63) is 0 Å². The third-order valence-electron chi connectivity index (χ3n) is 0. The van der Waals surface area contributed by atoms with E-state index in [9.17, 15) is 16.8 Å². The first-order valence-electron chi connectivity index (χ1n) is 2.30. The maximum absolute atomic E-state index is 9.63. The summed E-state index contributed by atoms with van der Waals surface area (Å²) in [5.74, 6) is 0. The second kappa shape index (κ2) is 5.54. The highest BCUT2D eigenvalue weighted by Gasteiger charge is 1.79. The normalized spacial score (nSPS) is 10.5. The van der Waals surface area contributed by atoms with Crippen LogP contribution in [0.5, 0.6) is 0 Å². The lowest BCUT2D eigenvalue weighted by Crippen LogP contribution is -1.86. The first kappa shape index (κ1) is 17.1. The van der Waals surface area contributed by atoms with Gasteiger partial charge in [0.2, 0.25) is 0 Å². The Balaban J connectivity index is -0.000000107. The van der Waals surface area contributed by atoms with E-state index in [0.717, 1.165) is 25.0 Å². The molecule has 0 fully saturated rings. The van der Waals surface area contributed by atoms with Gasteiger partial charge in [-0.1, -0.05) is 7.43 Å². The van der Waals surface area contributed by atoms with Gasteiger partial charge < -0.3 is 0 Å². The molecule has 0 aromatic rings. The Morgan fingerprint density at radius 3 is 0.636 bits per heavy atom. The number of rotatable bonds is 0. The fraction of sp³-hybridized carbons (Fsp3) is 1.00. The highest BCUT2D eigenvalue weighted by Crippen LogP contribution is 1.62. The fourth-order valence-electron chi connectivity index (χ4n) is 0. The van der Waals surface area contributed by atoms with Crippen molar-refractivity contribution in [2.45, 2.75) is 7.43 Å². The molecule has 0 rings (SSSR count). The zero-order chi connectivity index (χ0) is 9.00. The molecule has 0 bridgehead atoms. The van der Waals surface area contributed by atoms with E-state index in [2.05, 4.69) is 0 Å². The highest BCUT2D eigenvalue weighted by molar-refractivity contribution is 7.90. The number of hydrogen-bond donors (Lipinski definition) is 0. The first-order valence-corrected chi connectivity index (χ1v) is 6.90. The minimum absolute atomic E-state index is 0. The van der Waals surface area contributed by atoms with E-state index < -0.39 is 19.7 Å². The van der Waals surface area contributed by atoms with Crippen molar-refractivity contribution in [1.29, 1.82) is 0 Å². The van der Waals surface area contributed by atoms with Gasteiger partial charge in [-0.3, -0.25) is 0 Å². The summed E-state index contributed by atoms with van der Waals surface area (Å²) in [6, 6.07) is 0. The molecule has 0 amide bonds. The molecule has 6 heteroatoms. The Morgan fingerprint density at radius 2 is 0.636 bits per heavy atom. The predicted molar refractivity (Wildman–Crippen MR) is 48.3 cm³/mol. The van der Waals surface area contributed by atoms with Gasteiger partial charge in [-0.05, 0) is 0 Å². The van der Waals surface area contributed by atoms with Gasteiger partial charge in [0.05, 0.1) is 0 Å². The number of sulfone groups is 2. The van der Waals surface area contributed by atoms with E-state index in [-0.39, 0.29) is 7.43 Å². The van der Waals surface area contributed by atoms with Gasteiger partial charge in [0.15, 0.2) is 0 Å². The van der Waals surface area contributed by atoms with Crippen LogP contribution < -0.4 is 0 Å². The standard InChI is InChI=1S/2C2H6O2S.CH4/c2*1-5(2,3)4;/h2*1-2H3;1H4. The van der Waals surface area contributed by atoms with Crippen molar-refractivity contribution >= 4 is 19.7 Å². The van der Waals surface area contributed by atoms with E-state index >= 15 is 0 Å². The molecule has 0 N–H and O–H groups in total. The van der Waals surface area contributed by atoms with E-state index in [1.165, 1.54) is 0 Å². The molecular formula is C5H16O4S2. The lowest BCUT2D eigenvalue weighted by atomic mass is 11.9. The van der Waals surface area contributed by atoms with Crippen LogP contribution in [0.1, 0.15) is 7.43 Å². The average molecular weight is 204 g/mol. The van der Waals surface area contributed by atoms with Crippen LogP contribution in [0.2, 0.25) is 0 Å². The average Bonchev–Trinajstić information content (AvgIpc) is 1.12. The summed E-state index contributed by atoms with van der Waals surface area (Å²) in [7, 11) is -5.33. The van der Waals surface area contributed by atoms with Crippen LogP contribution in [0, 0.1) is 0 Å². The van der Waals surface area contributed by atoms with Crippen LogP contribution >= 0.6 is 0 Å². The SMILES string of the molecule is C.CS(C)(=O)=O.CS(C)(=O)=O. The van der Waals surface area contributed by atoms with Crippen LogP contribution in [-0.2, 0) is 19.7 Å². The second-order valence-electron chi connectivity index (χ2n) is 2.29. The van der Waals surface area contributed by atoms with Gasteiger partial charge in [-0.25, -0.2) is 16.8 Å². The molecule has 0 atom stereocenters. The molecule has 0 saturated carbocycles. The Bertz CT molecular complexity index is 213. The summed E-state index contributed by atoms with van der Waals surface area (Å²) in [5.41, 5.74) is 0. The molecule has 4 nitrogen and oxygen atoms in total. The molecule has 0 heterocycles. The van der Waals surface area contributed by atoms with Crippen molar-refractivity contribution in [1.82, 2.24) is 0 Å². The van der Waals surface area contributed by atoms with Crippen molar-refractivity contribution < 1.29 is 16.8 Å². The van der Waals surface area contributed by atoms with Gasteiger partial charge in [0.25, 0.3) is 0 Å². The van der Waals surface area contributed by atoms with Crippen molar-refractivity contribution in [2.75, 3.05) is 25.0 Å². The Labute approximate surface area is 69.5 Å². The Kier molecular flexibility index (Phi) is 8.62. The van der Waals surface area contributed by atoms with Gasteiger partial charge in [-0.15, -0.1) is 0 Å². The molecule has 0 aromatic heterocycles. The van der Waals surface area contributed by atoms with Crippen molar-refractivity contribution in [3.63, 3.8) is 0 Å². The topological polar surface area (TPSA) is 68.3 Å². The lowest BCUT2D eigenvalue weighted by molar-refractivity contribution is 0.605. The maximum Gasteiger partial charge on any atom is 0.144 e. The summed E-state index contributed by atoms with van der Waals surface area (Å²) in [4.78, 5) is 0. The number of hydrogen-bond acceptors (Lipinski definition) is 4. The molecule has 0 radical (unpaired) electrons. The maximum atomic E-state index is 9.63. The van der Waals surface area contributed by atoms with Crippen LogP contribution in [0.15, 0.2) is 0 Å². The third-order valence-corrected chi connectivity index (χ3v) is 0. The molecule has 0 spiro atoms. The summed E-state index contributed by atoms with van der Waals surface area (Å²) in [5, 5.41) is 0. The summed E-state index contributed by atoms with van der Waals surface area (Å²) in [6.07, 6.45) is 4.64. The largest absolute Gasteiger partial charge is 0.229 e. The summed E-state index contributed by atoms with van der Waals surface area (Å²) < 4.78 is 38.5. The minimum atomic E-state index is -2.67. The Hall–Kier alpha value is -0.100. The zero-order valence-corrected chi connectivity index (χ0v) is 8.08.